The van der Waals surface area contributed by atoms with E-state index in [1.165, 1.54) is 15.3 Å². The van der Waals surface area contributed by atoms with Crippen molar-refractivity contribution in [3.8, 4) is 0 Å². The van der Waals surface area contributed by atoms with Crippen LogP contribution in [0.1, 0.15) is 34.0 Å². The lowest BCUT2D eigenvalue weighted by Crippen LogP contribution is -2.21. The average molecular weight is 235 g/mol. The molecule has 16 heavy (non-hydrogen) atoms. The van der Waals surface area contributed by atoms with Crippen LogP contribution >= 0.6 is 11.3 Å². The van der Waals surface area contributed by atoms with E-state index in [0.29, 0.717) is 0 Å². The zero-order valence-electron chi connectivity index (χ0n) is 9.91. The van der Waals surface area contributed by atoms with Gasteiger partial charge in [-0.25, -0.2) is 0 Å². The van der Waals surface area contributed by atoms with E-state index in [2.05, 4.69) is 37.4 Å². The van der Waals surface area contributed by atoms with Crippen molar-refractivity contribution in [2.75, 3.05) is 6.54 Å². The van der Waals surface area contributed by atoms with Gasteiger partial charge in [-0.1, -0.05) is 6.92 Å². The lowest BCUT2D eigenvalue weighted by Gasteiger charge is -2.15. The molecule has 3 heteroatoms. The van der Waals surface area contributed by atoms with Gasteiger partial charge in [-0.05, 0) is 38.6 Å². The first-order valence-corrected chi connectivity index (χ1v) is 6.37. The van der Waals surface area contributed by atoms with Crippen LogP contribution in [0.5, 0.6) is 0 Å². The molecular formula is C13H17NOS. The molecule has 0 spiro atoms. The third-order valence-electron chi connectivity index (χ3n) is 2.66. The molecule has 0 aromatic carbocycles. The van der Waals surface area contributed by atoms with Crippen LogP contribution in [0.15, 0.2) is 28.9 Å². The highest BCUT2D eigenvalue weighted by molar-refractivity contribution is 7.12. The number of hydrogen-bond donors (Lipinski definition) is 1. The minimum absolute atomic E-state index is 0.266. The summed E-state index contributed by atoms with van der Waals surface area (Å²) < 4.78 is 5.38. The zero-order valence-corrected chi connectivity index (χ0v) is 10.7. The first-order chi connectivity index (χ1) is 7.72. The van der Waals surface area contributed by atoms with Gasteiger partial charge in [0, 0.05) is 15.3 Å². The second-order valence-corrected chi connectivity index (χ2v) is 5.19. The van der Waals surface area contributed by atoms with Crippen LogP contribution in [0, 0.1) is 13.8 Å². The Balaban J connectivity index is 2.34. The van der Waals surface area contributed by atoms with E-state index in [-0.39, 0.29) is 6.04 Å². The molecule has 2 nitrogen and oxygen atoms in total. The molecule has 2 aromatic heterocycles. The van der Waals surface area contributed by atoms with E-state index in [1.807, 2.05) is 18.3 Å². The van der Waals surface area contributed by atoms with Gasteiger partial charge in [0.1, 0.15) is 5.76 Å². The number of aryl methyl sites for hydroxylation is 2. The minimum Gasteiger partial charge on any atom is -0.469 e. The molecule has 0 saturated carbocycles. The standard InChI is InChI=1S/C13H17NOS/c1-4-14-13(11-7-8-15-10(11)3)12-6-5-9(2)16-12/h5-8,13-14H,4H2,1-3H3. The van der Waals surface area contributed by atoms with Gasteiger partial charge in [0.05, 0.1) is 12.3 Å². The highest BCUT2D eigenvalue weighted by Gasteiger charge is 2.18. The fourth-order valence-corrected chi connectivity index (χ4v) is 2.84. The molecular weight excluding hydrogens is 218 g/mol. The monoisotopic (exact) mass is 235 g/mol. The van der Waals surface area contributed by atoms with Crippen molar-refractivity contribution in [3.05, 3.63) is 45.5 Å². The Morgan fingerprint density at radius 1 is 1.31 bits per heavy atom. The van der Waals surface area contributed by atoms with Gasteiger partial charge in [-0.2, -0.15) is 0 Å². The number of furan rings is 1. The molecule has 0 fully saturated rings. The van der Waals surface area contributed by atoms with Crippen LogP contribution in [-0.2, 0) is 0 Å². The lowest BCUT2D eigenvalue weighted by atomic mass is 10.1. The maximum absolute atomic E-state index is 5.38. The fraction of sp³-hybridized carbons (Fsp3) is 0.385. The normalized spacial score (nSPS) is 12.9. The van der Waals surface area contributed by atoms with Gasteiger partial charge in [0.25, 0.3) is 0 Å². The van der Waals surface area contributed by atoms with Crippen LogP contribution in [-0.4, -0.2) is 6.54 Å². The van der Waals surface area contributed by atoms with E-state index < -0.39 is 0 Å². The van der Waals surface area contributed by atoms with Crippen molar-refractivity contribution in [1.29, 1.82) is 0 Å². The molecule has 0 aliphatic heterocycles. The van der Waals surface area contributed by atoms with Crippen LogP contribution in [0.4, 0.5) is 0 Å². The smallest absolute Gasteiger partial charge is 0.105 e. The molecule has 1 unspecified atom stereocenters. The Morgan fingerprint density at radius 3 is 2.62 bits per heavy atom. The summed E-state index contributed by atoms with van der Waals surface area (Å²) in [5.74, 6) is 0.997. The first-order valence-electron chi connectivity index (χ1n) is 5.56. The third-order valence-corrected chi connectivity index (χ3v) is 3.73. The molecule has 2 heterocycles. The third kappa shape index (κ3) is 2.20. The van der Waals surface area contributed by atoms with E-state index in [1.54, 1.807) is 6.26 Å². The zero-order chi connectivity index (χ0) is 11.5. The molecule has 2 aromatic rings. The van der Waals surface area contributed by atoms with Gasteiger partial charge in [0.2, 0.25) is 0 Å². The van der Waals surface area contributed by atoms with Crippen molar-refractivity contribution in [3.63, 3.8) is 0 Å². The molecule has 0 radical (unpaired) electrons. The van der Waals surface area contributed by atoms with Crippen molar-refractivity contribution in [1.82, 2.24) is 5.32 Å². The summed E-state index contributed by atoms with van der Waals surface area (Å²) in [6, 6.07) is 6.68. The molecule has 2 rings (SSSR count). The van der Waals surface area contributed by atoms with Gasteiger partial charge in [-0.3, -0.25) is 0 Å². The molecule has 1 atom stereocenters. The summed E-state index contributed by atoms with van der Waals surface area (Å²) in [4.78, 5) is 2.70. The predicted molar refractivity (Wildman–Crippen MR) is 68.0 cm³/mol. The summed E-state index contributed by atoms with van der Waals surface area (Å²) in [5, 5.41) is 3.51. The maximum Gasteiger partial charge on any atom is 0.105 e. The molecule has 0 bridgehead atoms. The Labute approximate surface area is 100 Å². The minimum atomic E-state index is 0.266. The highest BCUT2D eigenvalue weighted by atomic mass is 32.1. The quantitative estimate of drug-likeness (QED) is 0.875. The summed E-state index contributed by atoms with van der Waals surface area (Å²) >= 11 is 1.84. The summed E-state index contributed by atoms with van der Waals surface area (Å²) in [6.45, 7) is 7.23. The topological polar surface area (TPSA) is 25.2 Å². The van der Waals surface area contributed by atoms with Crippen molar-refractivity contribution < 1.29 is 4.42 Å². The van der Waals surface area contributed by atoms with Crippen molar-refractivity contribution in [2.45, 2.75) is 26.8 Å². The molecule has 0 amide bonds. The summed E-state index contributed by atoms with van der Waals surface area (Å²) in [5.41, 5.74) is 1.24. The largest absolute Gasteiger partial charge is 0.469 e. The van der Waals surface area contributed by atoms with E-state index in [4.69, 9.17) is 4.42 Å². The second-order valence-electron chi connectivity index (χ2n) is 3.87. The number of hydrogen-bond acceptors (Lipinski definition) is 3. The first kappa shape index (κ1) is 11.4. The average Bonchev–Trinajstić information content (AvgIpc) is 2.84. The van der Waals surface area contributed by atoms with Gasteiger partial charge in [-0.15, -0.1) is 11.3 Å². The van der Waals surface area contributed by atoms with Gasteiger partial charge in [0.15, 0.2) is 0 Å². The Kier molecular flexibility index (Phi) is 3.46. The highest BCUT2D eigenvalue weighted by Crippen LogP contribution is 2.30. The number of thiophene rings is 1. The fourth-order valence-electron chi connectivity index (χ4n) is 1.87. The van der Waals surface area contributed by atoms with E-state index >= 15 is 0 Å². The van der Waals surface area contributed by atoms with Crippen molar-refractivity contribution >= 4 is 11.3 Å². The number of nitrogens with one attached hydrogen (secondary N) is 1. The molecule has 1 N–H and O–H groups in total. The second kappa shape index (κ2) is 4.85. The van der Waals surface area contributed by atoms with Crippen LogP contribution in [0.2, 0.25) is 0 Å². The lowest BCUT2D eigenvalue weighted by molar-refractivity contribution is 0.521. The summed E-state index contributed by atoms with van der Waals surface area (Å²) in [6.07, 6.45) is 1.76. The van der Waals surface area contributed by atoms with Gasteiger partial charge < -0.3 is 9.73 Å². The maximum atomic E-state index is 5.38. The number of rotatable bonds is 4. The van der Waals surface area contributed by atoms with E-state index in [0.717, 1.165) is 12.3 Å². The molecule has 0 saturated heterocycles. The Hall–Kier alpha value is -1.06. The van der Waals surface area contributed by atoms with Crippen LogP contribution in [0.3, 0.4) is 0 Å². The molecule has 86 valence electrons. The molecule has 0 aliphatic rings. The summed E-state index contributed by atoms with van der Waals surface area (Å²) in [7, 11) is 0. The van der Waals surface area contributed by atoms with Crippen LogP contribution in [0.25, 0.3) is 0 Å². The Bertz CT molecular complexity index is 458. The van der Waals surface area contributed by atoms with Crippen LogP contribution < -0.4 is 5.32 Å². The van der Waals surface area contributed by atoms with Crippen molar-refractivity contribution in [2.24, 2.45) is 0 Å². The predicted octanol–water partition coefficient (Wildman–Crippen LogP) is 3.66. The SMILES string of the molecule is CCNC(c1ccc(C)s1)c1ccoc1C. The molecule has 0 aliphatic carbocycles. The van der Waals surface area contributed by atoms with E-state index in [9.17, 15) is 0 Å². The van der Waals surface area contributed by atoms with Gasteiger partial charge >= 0.3 is 0 Å². The Morgan fingerprint density at radius 2 is 2.12 bits per heavy atom.